The van der Waals surface area contributed by atoms with Crippen molar-refractivity contribution in [2.45, 2.75) is 20.3 Å². The van der Waals surface area contributed by atoms with E-state index >= 15 is 0 Å². The van der Waals surface area contributed by atoms with Crippen LogP contribution >= 0.6 is 0 Å². The van der Waals surface area contributed by atoms with Crippen LogP contribution in [-0.2, 0) is 11.2 Å². The molecule has 0 atom stereocenters. The Hall–Kier alpha value is -2.49. The summed E-state index contributed by atoms with van der Waals surface area (Å²) in [6, 6.07) is 15.1. The SMILES string of the molecule is CCOc1ccccc1OCC(=O)Nc1cccc(CC)c1. The largest absolute Gasteiger partial charge is 0.490 e. The van der Waals surface area contributed by atoms with Gasteiger partial charge in [0, 0.05) is 5.69 Å². The van der Waals surface area contributed by atoms with E-state index in [-0.39, 0.29) is 12.5 Å². The molecule has 116 valence electrons. The van der Waals surface area contributed by atoms with Crippen molar-refractivity contribution in [3.8, 4) is 11.5 Å². The van der Waals surface area contributed by atoms with Gasteiger partial charge in [0.2, 0.25) is 0 Å². The van der Waals surface area contributed by atoms with Crippen LogP contribution in [-0.4, -0.2) is 19.1 Å². The Morgan fingerprint density at radius 1 is 1.00 bits per heavy atom. The number of hydrogen-bond donors (Lipinski definition) is 1. The first-order valence-corrected chi connectivity index (χ1v) is 7.46. The molecule has 0 unspecified atom stereocenters. The lowest BCUT2D eigenvalue weighted by atomic mass is 10.1. The van der Waals surface area contributed by atoms with E-state index in [4.69, 9.17) is 9.47 Å². The molecule has 0 fully saturated rings. The van der Waals surface area contributed by atoms with E-state index in [9.17, 15) is 4.79 Å². The van der Waals surface area contributed by atoms with Gasteiger partial charge in [-0.1, -0.05) is 31.2 Å². The average molecular weight is 299 g/mol. The van der Waals surface area contributed by atoms with Crippen molar-refractivity contribution < 1.29 is 14.3 Å². The van der Waals surface area contributed by atoms with Gasteiger partial charge < -0.3 is 14.8 Å². The summed E-state index contributed by atoms with van der Waals surface area (Å²) in [4.78, 5) is 12.0. The normalized spacial score (nSPS) is 10.1. The quantitative estimate of drug-likeness (QED) is 0.848. The number of hydrogen-bond acceptors (Lipinski definition) is 3. The van der Waals surface area contributed by atoms with Crippen LogP contribution in [0.25, 0.3) is 0 Å². The van der Waals surface area contributed by atoms with E-state index in [2.05, 4.69) is 12.2 Å². The summed E-state index contributed by atoms with van der Waals surface area (Å²) in [5.41, 5.74) is 1.96. The Kier molecular flexibility index (Phi) is 5.83. The van der Waals surface area contributed by atoms with Gasteiger partial charge in [-0.2, -0.15) is 0 Å². The summed E-state index contributed by atoms with van der Waals surface area (Å²) in [5, 5.41) is 2.83. The molecule has 0 aliphatic rings. The fraction of sp³-hybridized carbons (Fsp3) is 0.278. The third-order valence-corrected chi connectivity index (χ3v) is 3.13. The van der Waals surface area contributed by atoms with E-state index in [1.807, 2.05) is 49.4 Å². The maximum Gasteiger partial charge on any atom is 0.262 e. The molecule has 0 bridgehead atoms. The molecule has 0 aliphatic carbocycles. The van der Waals surface area contributed by atoms with Crippen LogP contribution in [0.3, 0.4) is 0 Å². The number of amides is 1. The molecule has 2 aromatic carbocycles. The number of benzene rings is 2. The van der Waals surface area contributed by atoms with Gasteiger partial charge in [-0.25, -0.2) is 0 Å². The fourth-order valence-corrected chi connectivity index (χ4v) is 2.05. The van der Waals surface area contributed by atoms with Gasteiger partial charge in [0.15, 0.2) is 18.1 Å². The second kappa shape index (κ2) is 8.08. The monoisotopic (exact) mass is 299 g/mol. The molecule has 0 aromatic heterocycles. The summed E-state index contributed by atoms with van der Waals surface area (Å²) in [5.74, 6) is 1.02. The molecule has 4 nitrogen and oxygen atoms in total. The van der Waals surface area contributed by atoms with E-state index in [1.165, 1.54) is 5.56 Å². The highest BCUT2D eigenvalue weighted by Gasteiger charge is 2.07. The fourth-order valence-electron chi connectivity index (χ4n) is 2.05. The first-order chi connectivity index (χ1) is 10.7. The Labute approximate surface area is 131 Å². The summed E-state index contributed by atoms with van der Waals surface area (Å²) in [6.45, 7) is 4.48. The van der Waals surface area contributed by atoms with Crippen molar-refractivity contribution in [2.75, 3.05) is 18.5 Å². The molecule has 0 saturated carbocycles. The van der Waals surface area contributed by atoms with Crippen LogP contribution in [0.2, 0.25) is 0 Å². The predicted octanol–water partition coefficient (Wildman–Crippen LogP) is 3.67. The van der Waals surface area contributed by atoms with Gasteiger partial charge in [-0.3, -0.25) is 4.79 Å². The lowest BCUT2D eigenvalue weighted by molar-refractivity contribution is -0.118. The van der Waals surface area contributed by atoms with Crippen LogP contribution in [0.15, 0.2) is 48.5 Å². The molecule has 0 aliphatic heterocycles. The van der Waals surface area contributed by atoms with Crippen LogP contribution in [0.5, 0.6) is 11.5 Å². The Balaban J connectivity index is 1.92. The van der Waals surface area contributed by atoms with Crippen molar-refractivity contribution in [2.24, 2.45) is 0 Å². The topological polar surface area (TPSA) is 47.6 Å². The van der Waals surface area contributed by atoms with Crippen molar-refractivity contribution >= 4 is 11.6 Å². The standard InChI is InChI=1S/C18H21NO3/c1-3-14-8-7-9-15(12-14)19-18(20)13-22-17-11-6-5-10-16(17)21-4-2/h5-12H,3-4,13H2,1-2H3,(H,19,20). The molecule has 4 heteroatoms. The molecule has 22 heavy (non-hydrogen) atoms. The van der Waals surface area contributed by atoms with Gasteiger partial charge in [-0.15, -0.1) is 0 Å². The van der Waals surface area contributed by atoms with Gasteiger partial charge in [0.05, 0.1) is 6.61 Å². The number of ether oxygens (including phenoxy) is 2. The third-order valence-electron chi connectivity index (χ3n) is 3.13. The van der Waals surface area contributed by atoms with Crippen LogP contribution in [0.1, 0.15) is 19.4 Å². The van der Waals surface area contributed by atoms with Crippen LogP contribution < -0.4 is 14.8 Å². The summed E-state index contributed by atoms with van der Waals surface area (Å²) in [6.07, 6.45) is 0.932. The zero-order valence-corrected chi connectivity index (χ0v) is 13.0. The second-order valence-electron chi connectivity index (χ2n) is 4.77. The summed E-state index contributed by atoms with van der Waals surface area (Å²) in [7, 11) is 0. The minimum absolute atomic E-state index is 0.0551. The predicted molar refractivity (Wildman–Crippen MR) is 87.6 cm³/mol. The summed E-state index contributed by atoms with van der Waals surface area (Å²) < 4.78 is 11.0. The molecular weight excluding hydrogens is 278 g/mol. The molecule has 0 heterocycles. The Bertz CT molecular complexity index is 625. The highest BCUT2D eigenvalue weighted by atomic mass is 16.5. The Morgan fingerprint density at radius 2 is 1.73 bits per heavy atom. The van der Waals surface area contributed by atoms with Crippen molar-refractivity contribution in [3.63, 3.8) is 0 Å². The number of nitrogens with one attached hydrogen (secondary N) is 1. The number of anilines is 1. The third kappa shape index (κ3) is 4.52. The summed E-state index contributed by atoms with van der Waals surface area (Å²) >= 11 is 0. The number of aryl methyl sites for hydroxylation is 1. The van der Waals surface area contributed by atoms with Gasteiger partial charge in [0.1, 0.15) is 0 Å². The second-order valence-corrected chi connectivity index (χ2v) is 4.77. The van der Waals surface area contributed by atoms with E-state index in [1.54, 1.807) is 6.07 Å². The molecule has 2 rings (SSSR count). The van der Waals surface area contributed by atoms with Crippen molar-refractivity contribution in [1.82, 2.24) is 0 Å². The van der Waals surface area contributed by atoms with Crippen molar-refractivity contribution in [1.29, 1.82) is 0 Å². The van der Waals surface area contributed by atoms with Gasteiger partial charge in [-0.05, 0) is 43.2 Å². The maximum absolute atomic E-state index is 12.0. The minimum atomic E-state index is -0.195. The van der Waals surface area contributed by atoms with Crippen LogP contribution in [0.4, 0.5) is 5.69 Å². The maximum atomic E-state index is 12.0. The lowest BCUT2D eigenvalue weighted by Crippen LogP contribution is -2.20. The molecule has 0 radical (unpaired) electrons. The van der Waals surface area contributed by atoms with Crippen molar-refractivity contribution in [3.05, 3.63) is 54.1 Å². The number of carbonyl (C=O) groups excluding carboxylic acids is 1. The molecule has 1 amide bonds. The highest BCUT2D eigenvalue weighted by molar-refractivity contribution is 5.91. The molecule has 0 spiro atoms. The smallest absolute Gasteiger partial charge is 0.262 e. The van der Waals surface area contributed by atoms with E-state index in [0.29, 0.717) is 18.1 Å². The van der Waals surface area contributed by atoms with E-state index in [0.717, 1.165) is 12.1 Å². The lowest BCUT2D eigenvalue weighted by Gasteiger charge is -2.12. The first-order valence-electron chi connectivity index (χ1n) is 7.46. The molecule has 0 saturated heterocycles. The number of carbonyl (C=O) groups is 1. The van der Waals surface area contributed by atoms with E-state index < -0.39 is 0 Å². The van der Waals surface area contributed by atoms with Crippen LogP contribution in [0, 0.1) is 0 Å². The van der Waals surface area contributed by atoms with Gasteiger partial charge >= 0.3 is 0 Å². The number of rotatable bonds is 7. The molecule has 2 aromatic rings. The zero-order valence-electron chi connectivity index (χ0n) is 13.0. The Morgan fingerprint density at radius 3 is 2.41 bits per heavy atom. The zero-order chi connectivity index (χ0) is 15.8. The first kappa shape index (κ1) is 15.9. The average Bonchev–Trinajstić information content (AvgIpc) is 2.54. The van der Waals surface area contributed by atoms with Gasteiger partial charge in [0.25, 0.3) is 5.91 Å². The molecule has 1 N–H and O–H groups in total. The number of para-hydroxylation sites is 2. The minimum Gasteiger partial charge on any atom is -0.490 e. The molecular formula is C18H21NO3. The highest BCUT2D eigenvalue weighted by Crippen LogP contribution is 2.26.